The minimum Gasteiger partial charge on any atom is -0.310 e. The Balaban J connectivity index is 2.35. The summed E-state index contributed by atoms with van der Waals surface area (Å²) < 4.78 is 1.10. The fourth-order valence-electron chi connectivity index (χ4n) is 2.56. The maximum absolute atomic E-state index is 6.17. The molecule has 0 radical (unpaired) electrons. The van der Waals surface area contributed by atoms with E-state index in [0.717, 1.165) is 22.5 Å². The zero-order chi connectivity index (χ0) is 15.4. The maximum atomic E-state index is 6.17. The Morgan fingerprint density at radius 1 is 1.14 bits per heavy atom. The lowest BCUT2D eigenvalue weighted by molar-refractivity contribution is 0.547. The van der Waals surface area contributed by atoms with E-state index in [4.69, 9.17) is 11.6 Å². The molecule has 1 N–H and O–H groups in total. The van der Waals surface area contributed by atoms with E-state index < -0.39 is 0 Å². The molecule has 1 atom stereocenters. The molecule has 3 heteroatoms. The van der Waals surface area contributed by atoms with Crippen molar-refractivity contribution in [1.29, 1.82) is 0 Å². The molecular weight excluding hydrogens is 346 g/mol. The van der Waals surface area contributed by atoms with Gasteiger partial charge < -0.3 is 5.32 Å². The third kappa shape index (κ3) is 4.32. The van der Waals surface area contributed by atoms with Gasteiger partial charge in [0.2, 0.25) is 0 Å². The van der Waals surface area contributed by atoms with Crippen LogP contribution in [0.25, 0.3) is 0 Å². The van der Waals surface area contributed by atoms with E-state index in [1.807, 2.05) is 18.2 Å². The molecule has 0 saturated heterocycles. The Bertz CT molecular complexity index is 625. The second kappa shape index (κ2) is 7.44. The topological polar surface area (TPSA) is 12.0 Å². The highest BCUT2D eigenvalue weighted by Crippen LogP contribution is 2.29. The number of rotatable bonds is 5. The molecule has 0 spiro atoms. The Morgan fingerprint density at radius 3 is 2.62 bits per heavy atom. The third-order valence-corrected chi connectivity index (χ3v) is 4.67. The summed E-state index contributed by atoms with van der Waals surface area (Å²) in [6.45, 7) is 7.37. The van der Waals surface area contributed by atoms with Crippen molar-refractivity contribution in [3.05, 3.63) is 68.1 Å². The van der Waals surface area contributed by atoms with Crippen molar-refractivity contribution in [3.8, 4) is 0 Å². The van der Waals surface area contributed by atoms with Crippen molar-refractivity contribution in [1.82, 2.24) is 5.32 Å². The number of likely N-dealkylation sites (N-methyl/N-ethyl adjacent to an activating group) is 1. The molecule has 0 aliphatic carbocycles. The third-order valence-electron chi connectivity index (χ3n) is 3.71. The molecule has 0 heterocycles. The standard InChI is InChI=1S/C18H21BrClN/c1-4-21-18(16-11-15(20)7-8-17(16)19)10-14-9-12(2)5-6-13(14)3/h5-9,11,18,21H,4,10H2,1-3H3. The Labute approximate surface area is 140 Å². The van der Waals surface area contributed by atoms with Crippen LogP contribution in [0.3, 0.4) is 0 Å². The van der Waals surface area contributed by atoms with Crippen LogP contribution in [0.5, 0.6) is 0 Å². The molecule has 0 fully saturated rings. The second-order valence-corrected chi connectivity index (χ2v) is 6.70. The smallest absolute Gasteiger partial charge is 0.0410 e. The molecule has 0 aliphatic rings. The van der Waals surface area contributed by atoms with Crippen molar-refractivity contribution in [2.24, 2.45) is 0 Å². The van der Waals surface area contributed by atoms with Gasteiger partial charge in [0, 0.05) is 15.5 Å². The van der Waals surface area contributed by atoms with Gasteiger partial charge in [-0.15, -0.1) is 0 Å². The molecule has 2 rings (SSSR count). The molecule has 0 saturated carbocycles. The van der Waals surface area contributed by atoms with Crippen molar-refractivity contribution in [2.75, 3.05) is 6.54 Å². The Hall–Kier alpha value is -0.830. The maximum Gasteiger partial charge on any atom is 0.0410 e. The van der Waals surface area contributed by atoms with Crippen molar-refractivity contribution in [2.45, 2.75) is 33.2 Å². The van der Waals surface area contributed by atoms with E-state index in [2.05, 4.69) is 60.2 Å². The van der Waals surface area contributed by atoms with Gasteiger partial charge in [0.05, 0.1) is 0 Å². The van der Waals surface area contributed by atoms with Crippen LogP contribution in [-0.4, -0.2) is 6.54 Å². The first-order chi connectivity index (χ1) is 10.0. The van der Waals surface area contributed by atoms with Crippen LogP contribution in [0.1, 0.15) is 35.2 Å². The fraction of sp³-hybridized carbons (Fsp3) is 0.333. The van der Waals surface area contributed by atoms with Gasteiger partial charge in [-0.1, -0.05) is 58.2 Å². The van der Waals surface area contributed by atoms with E-state index >= 15 is 0 Å². The van der Waals surface area contributed by atoms with Crippen molar-refractivity contribution < 1.29 is 0 Å². The van der Waals surface area contributed by atoms with Gasteiger partial charge in [-0.3, -0.25) is 0 Å². The summed E-state index contributed by atoms with van der Waals surface area (Å²) in [6.07, 6.45) is 0.959. The summed E-state index contributed by atoms with van der Waals surface area (Å²) in [5.41, 5.74) is 5.23. The lowest BCUT2D eigenvalue weighted by Crippen LogP contribution is -2.23. The van der Waals surface area contributed by atoms with Gasteiger partial charge in [-0.05, 0) is 61.7 Å². The van der Waals surface area contributed by atoms with E-state index in [1.54, 1.807) is 0 Å². The minimum atomic E-state index is 0.253. The van der Waals surface area contributed by atoms with Crippen LogP contribution in [0.15, 0.2) is 40.9 Å². The van der Waals surface area contributed by atoms with E-state index in [-0.39, 0.29) is 6.04 Å². The summed E-state index contributed by atoms with van der Waals surface area (Å²) in [6, 6.07) is 12.9. The minimum absolute atomic E-state index is 0.253. The van der Waals surface area contributed by atoms with E-state index in [0.29, 0.717) is 0 Å². The summed E-state index contributed by atoms with van der Waals surface area (Å²) in [7, 11) is 0. The molecule has 1 nitrogen and oxygen atoms in total. The fourth-order valence-corrected chi connectivity index (χ4v) is 3.26. The van der Waals surface area contributed by atoms with Crippen LogP contribution in [0, 0.1) is 13.8 Å². The molecule has 0 aliphatic heterocycles. The first kappa shape index (κ1) is 16.5. The van der Waals surface area contributed by atoms with Gasteiger partial charge in [-0.2, -0.15) is 0 Å². The van der Waals surface area contributed by atoms with Crippen molar-refractivity contribution in [3.63, 3.8) is 0 Å². The number of hydrogen-bond acceptors (Lipinski definition) is 1. The molecule has 0 bridgehead atoms. The van der Waals surface area contributed by atoms with E-state index in [1.165, 1.54) is 22.3 Å². The molecule has 0 aromatic heterocycles. The molecule has 2 aromatic carbocycles. The number of aryl methyl sites for hydroxylation is 2. The van der Waals surface area contributed by atoms with Crippen LogP contribution < -0.4 is 5.32 Å². The first-order valence-electron chi connectivity index (χ1n) is 7.25. The average molecular weight is 367 g/mol. The molecule has 112 valence electrons. The number of benzene rings is 2. The van der Waals surface area contributed by atoms with Crippen LogP contribution >= 0.6 is 27.5 Å². The van der Waals surface area contributed by atoms with Crippen LogP contribution in [-0.2, 0) is 6.42 Å². The van der Waals surface area contributed by atoms with Gasteiger partial charge in [0.25, 0.3) is 0 Å². The zero-order valence-corrected chi connectivity index (χ0v) is 15.1. The highest BCUT2D eigenvalue weighted by Gasteiger charge is 2.16. The number of halogens is 2. The van der Waals surface area contributed by atoms with Gasteiger partial charge >= 0.3 is 0 Å². The zero-order valence-electron chi connectivity index (χ0n) is 12.7. The predicted octanol–water partition coefficient (Wildman–Crippen LogP) is 5.61. The molecular formula is C18H21BrClN. The predicted molar refractivity (Wildman–Crippen MR) is 95.2 cm³/mol. The van der Waals surface area contributed by atoms with Crippen LogP contribution in [0.2, 0.25) is 5.02 Å². The lowest BCUT2D eigenvalue weighted by Gasteiger charge is -2.21. The highest BCUT2D eigenvalue weighted by atomic mass is 79.9. The number of nitrogens with one attached hydrogen (secondary N) is 1. The second-order valence-electron chi connectivity index (χ2n) is 5.41. The summed E-state index contributed by atoms with van der Waals surface area (Å²) in [5, 5.41) is 4.35. The summed E-state index contributed by atoms with van der Waals surface area (Å²) in [5.74, 6) is 0. The largest absolute Gasteiger partial charge is 0.310 e. The normalized spacial score (nSPS) is 12.4. The van der Waals surface area contributed by atoms with Crippen molar-refractivity contribution >= 4 is 27.5 Å². The molecule has 1 unspecified atom stereocenters. The highest BCUT2D eigenvalue weighted by molar-refractivity contribution is 9.10. The Kier molecular flexibility index (Phi) is 5.86. The summed E-state index contributed by atoms with van der Waals surface area (Å²) in [4.78, 5) is 0. The number of hydrogen-bond donors (Lipinski definition) is 1. The molecule has 21 heavy (non-hydrogen) atoms. The lowest BCUT2D eigenvalue weighted by atomic mass is 9.95. The Morgan fingerprint density at radius 2 is 1.90 bits per heavy atom. The molecule has 2 aromatic rings. The first-order valence-corrected chi connectivity index (χ1v) is 8.42. The monoisotopic (exact) mass is 365 g/mol. The van der Waals surface area contributed by atoms with E-state index in [9.17, 15) is 0 Å². The molecule has 0 amide bonds. The van der Waals surface area contributed by atoms with Crippen LogP contribution in [0.4, 0.5) is 0 Å². The van der Waals surface area contributed by atoms with Gasteiger partial charge in [-0.25, -0.2) is 0 Å². The SMILES string of the molecule is CCNC(Cc1cc(C)ccc1C)c1cc(Cl)ccc1Br. The van der Waals surface area contributed by atoms with Gasteiger partial charge in [0.1, 0.15) is 0 Å². The van der Waals surface area contributed by atoms with Gasteiger partial charge in [0.15, 0.2) is 0 Å². The summed E-state index contributed by atoms with van der Waals surface area (Å²) >= 11 is 9.82. The average Bonchev–Trinajstić information content (AvgIpc) is 2.45. The quantitative estimate of drug-likeness (QED) is 0.725.